The number of para-hydroxylation sites is 1. The molecule has 118 valence electrons. The highest BCUT2D eigenvalue weighted by Gasteiger charge is 2.06. The summed E-state index contributed by atoms with van der Waals surface area (Å²) in [4.78, 5) is 14.0. The van der Waals surface area contributed by atoms with Crippen molar-refractivity contribution in [1.29, 1.82) is 5.26 Å². The maximum absolute atomic E-state index is 10.6. The molecule has 1 aromatic carbocycles. The predicted molar refractivity (Wildman–Crippen MR) is 89.7 cm³/mol. The van der Waals surface area contributed by atoms with E-state index in [1.165, 1.54) is 12.1 Å². The van der Waals surface area contributed by atoms with Crippen LogP contribution in [0.25, 0.3) is 10.9 Å². The molecule has 8 nitrogen and oxygen atoms in total. The number of hydrazone groups is 1. The highest BCUT2D eigenvalue weighted by atomic mass is 16.6. The third-order valence-electron chi connectivity index (χ3n) is 3.40. The zero-order valence-corrected chi connectivity index (χ0v) is 12.5. The van der Waals surface area contributed by atoms with Gasteiger partial charge in [-0.05, 0) is 12.1 Å². The van der Waals surface area contributed by atoms with Gasteiger partial charge in [0.1, 0.15) is 18.6 Å². The van der Waals surface area contributed by atoms with E-state index in [9.17, 15) is 10.1 Å². The van der Waals surface area contributed by atoms with E-state index >= 15 is 0 Å². The summed E-state index contributed by atoms with van der Waals surface area (Å²) < 4.78 is 1.85. The van der Waals surface area contributed by atoms with Gasteiger partial charge in [-0.25, -0.2) is 4.98 Å². The molecule has 0 saturated carbocycles. The van der Waals surface area contributed by atoms with Crippen molar-refractivity contribution in [2.45, 2.75) is 6.54 Å². The van der Waals surface area contributed by atoms with Crippen LogP contribution in [0.15, 0.2) is 53.9 Å². The first-order valence-electron chi connectivity index (χ1n) is 7.03. The Labute approximate surface area is 136 Å². The number of nitrogens with zero attached hydrogens (tertiary/aromatic N) is 5. The van der Waals surface area contributed by atoms with E-state index in [4.69, 9.17) is 5.26 Å². The fourth-order valence-electron chi connectivity index (χ4n) is 2.31. The van der Waals surface area contributed by atoms with E-state index in [1.54, 1.807) is 6.21 Å². The molecule has 3 aromatic rings. The summed E-state index contributed by atoms with van der Waals surface area (Å²) in [6, 6.07) is 12.7. The monoisotopic (exact) mass is 320 g/mol. The van der Waals surface area contributed by atoms with Gasteiger partial charge in [0.15, 0.2) is 0 Å². The van der Waals surface area contributed by atoms with Crippen molar-refractivity contribution < 1.29 is 4.92 Å². The van der Waals surface area contributed by atoms with Crippen LogP contribution in [-0.4, -0.2) is 20.7 Å². The minimum Gasteiger partial charge on any atom is -0.333 e. The van der Waals surface area contributed by atoms with E-state index in [0.29, 0.717) is 5.82 Å². The fraction of sp³-hybridized carbons (Fsp3) is 0.0625. The first-order valence-corrected chi connectivity index (χ1v) is 7.03. The van der Waals surface area contributed by atoms with Crippen molar-refractivity contribution in [2.75, 3.05) is 5.43 Å². The lowest BCUT2D eigenvalue weighted by atomic mass is 10.2. The Kier molecular flexibility index (Phi) is 4.16. The largest absolute Gasteiger partial charge is 0.333 e. The van der Waals surface area contributed by atoms with Crippen LogP contribution in [0, 0.1) is 21.4 Å². The van der Waals surface area contributed by atoms with Gasteiger partial charge in [-0.2, -0.15) is 10.4 Å². The number of hydrogen-bond donors (Lipinski definition) is 1. The molecule has 0 bridgehead atoms. The molecular formula is C16H12N6O2. The predicted octanol–water partition coefficient (Wildman–Crippen LogP) is 2.91. The molecule has 0 amide bonds. The SMILES string of the molecule is N#CCn1cc(/C=N/Nc2ccc([N+](=O)[O-])cn2)c2ccccc21. The van der Waals surface area contributed by atoms with E-state index in [-0.39, 0.29) is 12.2 Å². The van der Waals surface area contributed by atoms with Crippen LogP contribution in [-0.2, 0) is 6.54 Å². The van der Waals surface area contributed by atoms with Crippen molar-refractivity contribution in [2.24, 2.45) is 5.10 Å². The quantitative estimate of drug-likeness (QED) is 0.441. The van der Waals surface area contributed by atoms with Crippen molar-refractivity contribution in [3.63, 3.8) is 0 Å². The molecule has 0 aliphatic heterocycles. The third kappa shape index (κ3) is 3.05. The van der Waals surface area contributed by atoms with Crippen molar-refractivity contribution in [1.82, 2.24) is 9.55 Å². The van der Waals surface area contributed by atoms with Gasteiger partial charge in [0.05, 0.1) is 17.2 Å². The molecule has 1 N–H and O–H groups in total. The molecule has 3 rings (SSSR count). The summed E-state index contributed by atoms with van der Waals surface area (Å²) in [6.45, 7) is 0.256. The molecule has 0 atom stereocenters. The average Bonchev–Trinajstić information content (AvgIpc) is 2.94. The van der Waals surface area contributed by atoms with Gasteiger partial charge in [0.25, 0.3) is 5.69 Å². The highest BCUT2D eigenvalue weighted by Crippen LogP contribution is 2.20. The summed E-state index contributed by atoms with van der Waals surface area (Å²) in [5.74, 6) is 0.401. The number of fused-ring (bicyclic) bond motifs is 1. The van der Waals surface area contributed by atoms with Crippen LogP contribution in [0.1, 0.15) is 5.56 Å². The summed E-state index contributed by atoms with van der Waals surface area (Å²) >= 11 is 0. The molecule has 0 spiro atoms. The maximum Gasteiger partial charge on any atom is 0.287 e. The number of anilines is 1. The average molecular weight is 320 g/mol. The van der Waals surface area contributed by atoms with Gasteiger partial charge >= 0.3 is 0 Å². The Morgan fingerprint density at radius 1 is 1.38 bits per heavy atom. The molecular weight excluding hydrogens is 308 g/mol. The third-order valence-corrected chi connectivity index (χ3v) is 3.40. The van der Waals surface area contributed by atoms with Gasteiger partial charge in [0.2, 0.25) is 0 Å². The number of nitro groups is 1. The lowest BCUT2D eigenvalue weighted by Crippen LogP contribution is -1.95. The topological polar surface area (TPSA) is 109 Å². The number of benzene rings is 1. The molecule has 8 heteroatoms. The van der Waals surface area contributed by atoms with Crippen LogP contribution in [0.2, 0.25) is 0 Å². The molecule has 0 aliphatic rings. The lowest BCUT2D eigenvalue weighted by molar-refractivity contribution is -0.385. The van der Waals surface area contributed by atoms with Crippen LogP contribution < -0.4 is 5.43 Å². The first kappa shape index (κ1) is 15.2. The van der Waals surface area contributed by atoms with Gasteiger partial charge in [-0.1, -0.05) is 18.2 Å². The van der Waals surface area contributed by atoms with Gasteiger partial charge < -0.3 is 4.57 Å². The zero-order chi connectivity index (χ0) is 16.9. The van der Waals surface area contributed by atoms with Gasteiger partial charge in [-0.3, -0.25) is 15.5 Å². The van der Waals surface area contributed by atoms with Crippen molar-refractivity contribution in [3.8, 4) is 6.07 Å². The van der Waals surface area contributed by atoms with E-state index < -0.39 is 4.92 Å². The molecule has 24 heavy (non-hydrogen) atoms. The van der Waals surface area contributed by atoms with E-state index in [2.05, 4.69) is 21.6 Å². The van der Waals surface area contributed by atoms with Crippen LogP contribution in [0.4, 0.5) is 11.5 Å². The minimum absolute atomic E-state index is 0.0795. The normalized spacial score (nSPS) is 10.8. The second kappa shape index (κ2) is 6.58. The molecule has 0 fully saturated rings. The molecule has 0 aliphatic carbocycles. The standard InChI is InChI=1S/C16H12N6O2/c17-7-8-21-11-12(14-3-1-2-4-15(14)21)9-19-20-16-6-5-13(10-18-16)22(23)24/h1-6,9-11H,8H2,(H,18,20)/b19-9+. The molecule has 2 heterocycles. The second-order valence-electron chi connectivity index (χ2n) is 4.92. The molecule has 0 radical (unpaired) electrons. The number of aromatic nitrogens is 2. The van der Waals surface area contributed by atoms with Crippen LogP contribution in [0.3, 0.4) is 0 Å². The Morgan fingerprint density at radius 2 is 2.21 bits per heavy atom. The summed E-state index contributed by atoms with van der Waals surface area (Å²) in [5, 5.41) is 24.6. The molecule has 0 unspecified atom stereocenters. The Hall–Kier alpha value is -3.73. The lowest BCUT2D eigenvalue weighted by Gasteiger charge is -1.97. The minimum atomic E-state index is -0.510. The summed E-state index contributed by atoms with van der Waals surface area (Å²) in [7, 11) is 0. The van der Waals surface area contributed by atoms with E-state index in [1.807, 2.05) is 35.0 Å². The van der Waals surface area contributed by atoms with E-state index in [0.717, 1.165) is 22.7 Å². The van der Waals surface area contributed by atoms with Crippen molar-refractivity contribution in [3.05, 3.63) is 64.5 Å². The zero-order valence-electron chi connectivity index (χ0n) is 12.5. The maximum atomic E-state index is 10.6. The number of nitriles is 1. The van der Waals surface area contributed by atoms with Gasteiger partial charge in [-0.15, -0.1) is 0 Å². The van der Waals surface area contributed by atoms with Crippen molar-refractivity contribution >= 4 is 28.6 Å². The first-order chi connectivity index (χ1) is 11.7. The van der Waals surface area contributed by atoms with Crippen LogP contribution >= 0.6 is 0 Å². The van der Waals surface area contributed by atoms with Crippen LogP contribution in [0.5, 0.6) is 0 Å². The highest BCUT2D eigenvalue weighted by molar-refractivity contribution is 5.99. The summed E-state index contributed by atoms with van der Waals surface area (Å²) in [5.41, 5.74) is 4.46. The smallest absolute Gasteiger partial charge is 0.287 e. The Morgan fingerprint density at radius 3 is 2.92 bits per heavy atom. The number of pyridine rings is 1. The van der Waals surface area contributed by atoms with Gasteiger partial charge in [0, 0.05) is 28.7 Å². The Balaban J connectivity index is 1.80. The number of rotatable bonds is 5. The summed E-state index contributed by atoms with van der Waals surface area (Å²) in [6.07, 6.45) is 4.64. The Bertz CT molecular complexity index is 953. The fourth-order valence-corrected chi connectivity index (χ4v) is 2.31. The molecule has 2 aromatic heterocycles. The number of hydrogen-bond acceptors (Lipinski definition) is 6. The number of nitrogens with one attached hydrogen (secondary N) is 1. The second-order valence-corrected chi connectivity index (χ2v) is 4.92. The molecule has 0 saturated heterocycles.